The second kappa shape index (κ2) is 9.07. The second-order valence-corrected chi connectivity index (χ2v) is 7.52. The van der Waals surface area contributed by atoms with Crippen LogP contribution in [0.15, 0.2) is 36.4 Å². The number of carbonyl (C=O) groups excluding carboxylic acids is 2. The molecule has 1 saturated carbocycles. The predicted molar refractivity (Wildman–Crippen MR) is 107 cm³/mol. The lowest BCUT2D eigenvalue weighted by Gasteiger charge is -2.22. The Morgan fingerprint density at radius 3 is 2.34 bits per heavy atom. The van der Waals surface area contributed by atoms with Crippen molar-refractivity contribution in [2.24, 2.45) is 0 Å². The largest absolute Gasteiger partial charge is 0.481 e. The lowest BCUT2D eigenvalue weighted by molar-refractivity contribution is -0.154. The molecule has 0 atom stereocenters. The van der Waals surface area contributed by atoms with E-state index in [9.17, 15) is 14.0 Å². The van der Waals surface area contributed by atoms with E-state index in [1.165, 1.54) is 6.07 Å². The fourth-order valence-electron chi connectivity index (χ4n) is 3.41. The van der Waals surface area contributed by atoms with Crippen LogP contribution in [0, 0.1) is 26.6 Å². The number of esters is 1. The third-order valence-corrected chi connectivity index (χ3v) is 4.90. The fourth-order valence-corrected chi connectivity index (χ4v) is 3.41. The van der Waals surface area contributed by atoms with Gasteiger partial charge in [-0.25, -0.2) is 9.18 Å². The highest BCUT2D eigenvalue weighted by molar-refractivity contribution is 5.81. The van der Waals surface area contributed by atoms with E-state index in [0.717, 1.165) is 29.5 Å². The molecule has 6 heteroatoms. The lowest BCUT2D eigenvalue weighted by Crippen LogP contribution is -2.36. The Kier molecular flexibility index (Phi) is 6.52. The van der Waals surface area contributed by atoms with E-state index in [2.05, 4.69) is 0 Å². The van der Waals surface area contributed by atoms with Gasteiger partial charge in [0.25, 0.3) is 5.91 Å². The molecule has 0 aliphatic heterocycles. The van der Waals surface area contributed by atoms with Crippen LogP contribution in [0.2, 0.25) is 0 Å². The van der Waals surface area contributed by atoms with Gasteiger partial charge in [-0.1, -0.05) is 35.9 Å². The summed E-state index contributed by atoms with van der Waals surface area (Å²) in [6.45, 7) is 5.36. The van der Waals surface area contributed by atoms with Crippen LogP contribution in [0.3, 0.4) is 0 Å². The molecule has 2 aromatic carbocycles. The molecule has 0 aromatic heterocycles. The van der Waals surface area contributed by atoms with Crippen molar-refractivity contribution < 1.29 is 23.5 Å². The minimum Gasteiger partial charge on any atom is -0.481 e. The van der Waals surface area contributed by atoms with E-state index in [-0.39, 0.29) is 37.5 Å². The molecule has 0 unspecified atom stereocenters. The number of amides is 1. The summed E-state index contributed by atoms with van der Waals surface area (Å²) in [7, 11) is 0. The third-order valence-electron chi connectivity index (χ3n) is 4.90. The molecule has 0 spiro atoms. The molecule has 1 aliphatic rings. The molecular formula is C23H26FNO4. The standard InChI is InChI=1S/C23H26FNO4/c1-15-10-16(2)23(17(3)11-15)29-14-22(27)28-13-21(26)25(19-8-9-19)12-18-6-4-5-7-20(18)24/h4-7,10-11,19H,8-9,12-14H2,1-3H3. The highest BCUT2D eigenvalue weighted by Crippen LogP contribution is 2.29. The van der Waals surface area contributed by atoms with Crippen molar-refractivity contribution in [3.63, 3.8) is 0 Å². The van der Waals surface area contributed by atoms with Gasteiger partial charge in [0.05, 0.1) is 0 Å². The number of halogens is 1. The molecule has 3 rings (SSSR count). The molecule has 0 radical (unpaired) electrons. The van der Waals surface area contributed by atoms with Crippen molar-refractivity contribution in [2.75, 3.05) is 13.2 Å². The van der Waals surface area contributed by atoms with Crippen LogP contribution >= 0.6 is 0 Å². The molecule has 154 valence electrons. The van der Waals surface area contributed by atoms with Crippen LogP contribution in [-0.4, -0.2) is 36.0 Å². The Morgan fingerprint density at radius 2 is 1.72 bits per heavy atom. The van der Waals surface area contributed by atoms with Crippen molar-refractivity contribution in [3.8, 4) is 5.75 Å². The maximum atomic E-state index is 13.9. The van der Waals surface area contributed by atoms with Crippen molar-refractivity contribution in [3.05, 3.63) is 64.5 Å². The summed E-state index contributed by atoms with van der Waals surface area (Å²) in [5.74, 6) is -0.635. The third kappa shape index (κ3) is 5.56. The van der Waals surface area contributed by atoms with Gasteiger partial charge in [-0.3, -0.25) is 4.79 Å². The first-order chi connectivity index (χ1) is 13.8. The average molecular weight is 399 g/mol. The van der Waals surface area contributed by atoms with E-state index in [1.807, 2.05) is 32.9 Å². The number of ether oxygens (including phenoxy) is 2. The first kappa shape index (κ1) is 20.8. The van der Waals surface area contributed by atoms with E-state index >= 15 is 0 Å². The monoisotopic (exact) mass is 399 g/mol. The maximum absolute atomic E-state index is 13.9. The van der Waals surface area contributed by atoms with E-state index in [4.69, 9.17) is 9.47 Å². The van der Waals surface area contributed by atoms with Gasteiger partial charge in [0.15, 0.2) is 13.2 Å². The normalized spacial score (nSPS) is 13.1. The molecule has 29 heavy (non-hydrogen) atoms. The SMILES string of the molecule is Cc1cc(C)c(OCC(=O)OCC(=O)N(Cc2ccccc2F)C2CC2)c(C)c1. The zero-order valence-corrected chi connectivity index (χ0v) is 17.0. The van der Waals surface area contributed by atoms with Crippen molar-refractivity contribution >= 4 is 11.9 Å². The number of nitrogens with zero attached hydrogens (tertiary/aromatic N) is 1. The predicted octanol–water partition coefficient (Wildman–Crippen LogP) is 3.86. The summed E-state index contributed by atoms with van der Waals surface area (Å²) in [4.78, 5) is 26.2. The summed E-state index contributed by atoms with van der Waals surface area (Å²) < 4.78 is 24.6. The molecule has 2 aromatic rings. The lowest BCUT2D eigenvalue weighted by atomic mass is 10.1. The molecule has 0 bridgehead atoms. The zero-order valence-electron chi connectivity index (χ0n) is 17.0. The summed E-state index contributed by atoms with van der Waals surface area (Å²) in [6, 6.07) is 10.4. The summed E-state index contributed by atoms with van der Waals surface area (Å²) in [6.07, 6.45) is 1.76. The van der Waals surface area contributed by atoms with Gasteiger partial charge >= 0.3 is 5.97 Å². The van der Waals surface area contributed by atoms with Crippen LogP contribution < -0.4 is 4.74 Å². The maximum Gasteiger partial charge on any atom is 0.344 e. The van der Waals surface area contributed by atoms with Gasteiger partial charge in [0.1, 0.15) is 11.6 Å². The Hall–Kier alpha value is -2.89. The van der Waals surface area contributed by atoms with Gasteiger partial charge in [-0.15, -0.1) is 0 Å². The van der Waals surface area contributed by atoms with Crippen LogP contribution in [0.25, 0.3) is 0 Å². The Labute approximate surface area is 170 Å². The molecule has 0 N–H and O–H groups in total. The molecule has 5 nitrogen and oxygen atoms in total. The quantitative estimate of drug-likeness (QED) is 0.633. The van der Waals surface area contributed by atoms with Gasteiger partial charge in [-0.05, 0) is 50.8 Å². The molecule has 1 aliphatic carbocycles. The van der Waals surface area contributed by atoms with Crippen molar-refractivity contribution in [2.45, 2.75) is 46.2 Å². The fraction of sp³-hybridized carbons (Fsp3) is 0.391. The molecule has 1 amide bonds. The number of hydrogen-bond donors (Lipinski definition) is 0. The molecule has 0 saturated heterocycles. The van der Waals surface area contributed by atoms with Gasteiger partial charge in [-0.2, -0.15) is 0 Å². The summed E-state index contributed by atoms with van der Waals surface area (Å²) in [5.41, 5.74) is 3.45. The number of carbonyl (C=O) groups is 2. The molecule has 1 fully saturated rings. The number of aryl methyl sites for hydroxylation is 3. The molecular weight excluding hydrogens is 373 g/mol. The van der Waals surface area contributed by atoms with E-state index in [1.54, 1.807) is 23.1 Å². The van der Waals surface area contributed by atoms with Crippen molar-refractivity contribution in [1.82, 2.24) is 4.90 Å². The Bertz CT molecular complexity index is 884. The Balaban J connectivity index is 1.52. The first-order valence-corrected chi connectivity index (χ1v) is 9.74. The Morgan fingerprint density at radius 1 is 1.07 bits per heavy atom. The zero-order chi connectivity index (χ0) is 21.0. The first-order valence-electron chi connectivity index (χ1n) is 9.74. The second-order valence-electron chi connectivity index (χ2n) is 7.52. The van der Waals surface area contributed by atoms with Crippen LogP contribution in [0.1, 0.15) is 35.1 Å². The number of rotatable bonds is 8. The minimum absolute atomic E-state index is 0.0786. The van der Waals surface area contributed by atoms with Gasteiger partial charge < -0.3 is 14.4 Å². The summed E-state index contributed by atoms with van der Waals surface area (Å²) in [5, 5.41) is 0. The van der Waals surface area contributed by atoms with E-state index in [0.29, 0.717) is 11.3 Å². The van der Waals surface area contributed by atoms with Crippen LogP contribution in [0.5, 0.6) is 5.75 Å². The average Bonchev–Trinajstić information content (AvgIpc) is 3.49. The minimum atomic E-state index is -0.612. The topological polar surface area (TPSA) is 55.8 Å². The van der Waals surface area contributed by atoms with E-state index < -0.39 is 5.97 Å². The van der Waals surface area contributed by atoms with Gasteiger partial charge in [0.2, 0.25) is 0 Å². The van der Waals surface area contributed by atoms with Crippen LogP contribution in [0.4, 0.5) is 4.39 Å². The smallest absolute Gasteiger partial charge is 0.344 e. The number of hydrogen-bond acceptors (Lipinski definition) is 4. The highest BCUT2D eigenvalue weighted by Gasteiger charge is 2.33. The van der Waals surface area contributed by atoms with Crippen LogP contribution in [-0.2, 0) is 20.9 Å². The number of benzene rings is 2. The highest BCUT2D eigenvalue weighted by atomic mass is 19.1. The summed E-state index contributed by atoms with van der Waals surface area (Å²) >= 11 is 0. The van der Waals surface area contributed by atoms with Crippen molar-refractivity contribution in [1.29, 1.82) is 0 Å². The van der Waals surface area contributed by atoms with Gasteiger partial charge in [0, 0.05) is 18.2 Å². The molecule has 0 heterocycles.